The fourth-order valence-electron chi connectivity index (χ4n) is 6.03. The first kappa shape index (κ1) is 26.6. The molecule has 3 amide bonds. The van der Waals surface area contributed by atoms with Crippen LogP contribution in [0.2, 0.25) is 0 Å². The highest BCUT2D eigenvalue weighted by Crippen LogP contribution is 2.30. The van der Waals surface area contributed by atoms with Crippen molar-refractivity contribution in [2.75, 3.05) is 23.3 Å². The molecule has 2 aliphatic heterocycles. The lowest BCUT2D eigenvalue weighted by atomic mass is 10.1. The summed E-state index contributed by atoms with van der Waals surface area (Å²) in [5.74, 6) is 0.221. The minimum atomic E-state index is -0.471. The number of hydrogen-bond donors (Lipinski definition) is 3. The van der Waals surface area contributed by atoms with E-state index in [-0.39, 0.29) is 23.8 Å². The van der Waals surface area contributed by atoms with E-state index in [4.69, 9.17) is 10.7 Å². The fourth-order valence-corrected chi connectivity index (χ4v) is 6.03. The third-order valence-corrected chi connectivity index (χ3v) is 8.13. The van der Waals surface area contributed by atoms with Crippen molar-refractivity contribution in [1.82, 2.24) is 14.9 Å². The third kappa shape index (κ3) is 5.66. The summed E-state index contributed by atoms with van der Waals surface area (Å²) in [5.41, 5.74) is 10.8. The van der Waals surface area contributed by atoms with E-state index in [2.05, 4.69) is 15.2 Å². The monoisotopic (exact) mass is 550 g/mol. The highest BCUT2D eigenvalue weighted by molar-refractivity contribution is 5.98. The highest BCUT2D eigenvalue weighted by atomic mass is 16.2. The predicted octanol–water partition coefficient (Wildman–Crippen LogP) is 4.25. The number of aromatic amines is 1. The van der Waals surface area contributed by atoms with Crippen LogP contribution in [-0.2, 0) is 20.8 Å². The maximum Gasteiger partial charge on any atom is 0.247 e. The summed E-state index contributed by atoms with van der Waals surface area (Å²) in [4.78, 5) is 50.0. The lowest BCUT2D eigenvalue weighted by molar-refractivity contribution is -0.136. The average molecular weight is 551 g/mol. The third-order valence-electron chi connectivity index (χ3n) is 8.13. The second kappa shape index (κ2) is 11.4. The Labute approximate surface area is 238 Å². The van der Waals surface area contributed by atoms with Crippen molar-refractivity contribution < 1.29 is 14.4 Å². The number of H-pyrrole nitrogens is 1. The van der Waals surface area contributed by atoms with Crippen LogP contribution in [0, 0.1) is 0 Å². The molecule has 1 unspecified atom stereocenters. The lowest BCUT2D eigenvalue weighted by Crippen LogP contribution is -2.43. The van der Waals surface area contributed by atoms with Gasteiger partial charge in [0.1, 0.15) is 17.9 Å². The Balaban J connectivity index is 1.14. The van der Waals surface area contributed by atoms with E-state index in [1.54, 1.807) is 4.90 Å². The number of amides is 3. The molecule has 0 bridgehead atoms. The Morgan fingerprint density at radius 2 is 1.73 bits per heavy atom. The number of hydrogen-bond acceptors (Lipinski definition) is 5. The molecule has 2 fully saturated rings. The number of carbonyl (C=O) groups excluding carboxylic acids is 3. The number of rotatable bonds is 8. The summed E-state index contributed by atoms with van der Waals surface area (Å²) >= 11 is 0. The van der Waals surface area contributed by atoms with Crippen molar-refractivity contribution in [2.45, 2.75) is 50.6 Å². The molecule has 9 heteroatoms. The average Bonchev–Trinajstić information content (AvgIpc) is 3.75. The Bertz CT molecular complexity index is 1580. The number of fused-ring (bicyclic) bond motifs is 1. The molecule has 4 aromatic rings. The molecule has 4 N–H and O–H groups in total. The van der Waals surface area contributed by atoms with Gasteiger partial charge in [-0.15, -0.1) is 0 Å². The number of anilines is 2. The zero-order valence-electron chi connectivity index (χ0n) is 22.9. The van der Waals surface area contributed by atoms with Gasteiger partial charge in [0.2, 0.25) is 17.7 Å². The Morgan fingerprint density at radius 3 is 2.56 bits per heavy atom. The van der Waals surface area contributed by atoms with Crippen molar-refractivity contribution in [1.29, 1.82) is 0 Å². The second-order valence-corrected chi connectivity index (χ2v) is 10.8. The van der Waals surface area contributed by atoms with Gasteiger partial charge in [-0.2, -0.15) is 0 Å². The Morgan fingerprint density at radius 1 is 0.927 bits per heavy atom. The largest absolute Gasteiger partial charge is 0.368 e. The number of benzene rings is 3. The fraction of sp³-hybridized carbons (Fsp3) is 0.312. The molecule has 3 aromatic carbocycles. The van der Waals surface area contributed by atoms with Crippen molar-refractivity contribution in [3.05, 3.63) is 78.4 Å². The summed E-state index contributed by atoms with van der Waals surface area (Å²) in [7, 11) is 0. The van der Waals surface area contributed by atoms with E-state index in [0.717, 1.165) is 53.7 Å². The van der Waals surface area contributed by atoms with Gasteiger partial charge in [-0.3, -0.25) is 14.4 Å². The van der Waals surface area contributed by atoms with E-state index in [0.29, 0.717) is 37.3 Å². The number of nitrogens with zero attached hydrogens (tertiary/aromatic N) is 3. The normalized spacial score (nSPS) is 18.6. The van der Waals surface area contributed by atoms with Crippen LogP contribution in [0.25, 0.3) is 22.4 Å². The Kier molecular flexibility index (Phi) is 7.41. The van der Waals surface area contributed by atoms with Crippen LogP contribution < -0.4 is 16.0 Å². The molecule has 6 rings (SSSR count). The number of likely N-dealkylation sites (tertiary alicyclic amines) is 1. The molecule has 210 valence electrons. The second-order valence-electron chi connectivity index (χ2n) is 10.8. The number of nitrogens with two attached hydrogens (primary N) is 1. The minimum Gasteiger partial charge on any atom is -0.368 e. The zero-order chi connectivity index (χ0) is 28.3. The quantitative estimate of drug-likeness (QED) is 0.303. The van der Waals surface area contributed by atoms with E-state index in [1.165, 1.54) is 0 Å². The molecular weight excluding hydrogens is 516 g/mol. The van der Waals surface area contributed by atoms with E-state index in [9.17, 15) is 14.4 Å². The van der Waals surface area contributed by atoms with Crippen molar-refractivity contribution in [2.24, 2.45) is 5.73 Å². The number of imidazole rings is 1. The molecule has 2 aliphatic rings. The lowest BCUT2D eigenvalue weighted by Gasteiger charge is -2.24. The van der Waals surface area contributed by atoms with E-state index < -0.39 is 6.04 Å². The molecule has 3 heterocycles. The first-order chi connectivity index (χ1) is 20.0. The summed E-state index contributed by atoms with van der Waals surface area (Å²) in [6, 6.07) is 22.6. The molecular formula is C32H34N6O3. The smallest absolute Gasteiger partial charge is 0.247 e. The van der Waals surface area contributed by atoms with Gasteiger partial charge in [0.05, 0.1) is 11.0 Å². The molecule has 9 nitrogen and oxygen atoms in total. The van der Waals surface area contributed by atoms with Crippen LogP contribution in [0.4, 0.5) is 11.4 Å². The summed E-state index contributed by atoms with van der Waals surface area (Å²) in [5, 5.41) is 3.02. The van der Waals surface area contributed by atoms with Crippen LogP contribution in [0.5, 0.6) is 0 Å². The van der Waals surface area contributed by atoms with Gasteiger partial charge in [0.15, 0.2) is 0 Å². The van der Waals surface area contributed by atoms with Crippen molar-refractivity contribution in [3.8, 4) is 11.4 Å². The maximum atomic E-state index is 13.3. The standard InChI is InChI=1S/C32H34N6O3/c33-30(40)27-11-5-17-37(27)24-14-15-25-26(20-24)36-31(35-25)22-9-4-10-23(19-22)34-32(41)28-12-6-18-38(28)29(39)16-13-21-7-2-1-3-8-21/h1-4,7-10,14-15,19-20,27-28H,5-6,11-13,16-18H2,(H2,33,40)(H,34,41)(H,35,36)/t27?,28-/m0/s1. The number of aromatic nitrogens is 2. The van der Waals surface area contributed by atoms with Gasteiger partial charge < -0.3 is 25.8 Å². The molecule has 0 spiro atoms. The molecule has 0 saturated carbocycles. The van der Waals surface area contributed by atoms with E-state index >= 15 is 0 Å². The summed E-state index contributed by atoms with van der Waals surface area (Å²) in [6.45, 7) is 1.39. The van der Waals surface area contributed by atoms with Gasteiger partial charge in [-0.1, -0.05) is 42.5 Å². The number of carbonyl (C=O) groups is 3. The summed E-state index contributed by atoms with van der Waals surface area (Å²) < 4.78 is 0. The Hall–Kier alpha value is -4.66. The van der Waals surface area contributed by atoms with E-state index in [1.807, 2.05) is 72.8 Å². The maximum absolute atomic E-state index is 13.3. The predicted molar refractivity (Wildman–Crippen MR) is 159 cm³/mol. The van der Waals surface area contributed by atoms with Crippen LogP contribution >= 0.6 is 0 Å². The van der Waals surface area contributed by atoms with Crippen molar-refractivity contribution >= 4 is 40.1 Å². The molecule has 0 radical (unpaired) electrons. The van der Waals surface area contributed by atoms with Crippen LogP contribution in [0.1, 0.15) is 37.7 Å². The summed E-state index contributed by atoms with van der Waals surface area (Å²) in [6.07, 6.45) is 4.21. The highest BCUT2D eigenvalue weighted by Gasteiger charge is 2.34. The molecule has 1 aromatic heterocycles. The number of nitrogens with one attached hydrogen (secondary N) is 2. The zero-order valence-corrected chi connectivity index (χ0v) is 22.9. The molecule has 2 saturated heterocycles. The first-order valence-electron chi connectivity index (χ1n) is 14.3. The van der Waals surface area contributed by atoms with Crippen LogP contribution in [0.3, 0.4) is 0 Å². The number of primary amides is 1. The van der Waals surface area contributed by atoms with Gasteiger partial charge in [0.25, 0.3) is 0 Å². The van der Waals surface area contributed by atoms with Gasteiger partial charge in [-0.25, -0.2) is 4.98 Å². The number of aryl methyl sites for hydroxylation is 1. The minimum absolute atomic E-state index is 0.0120. The molecule has 2 atom stereocenters. The first-order valence-corrected chi connectivity index (χ1v) is 14.3. The van der Waals surface area contributed by atoms with Gasteiger partial charge >= 0.3 is 0 Å². The molecule has 41 heavy (non-hydrogen) atoms. The SMILES string of the molecule is NC(=O)C1CCCN1c1ccc2nc(-c3cccc(NC(=O)[C@@H]4CCCN4C(=O)CCc4ccccc4)c3)[nH]c2c1. The molecule has 0 aliphatic carbocycles. The van der Waals surface area contributed by atoms with Gasteiger partial charge in [-0.05, 0) is 68.0 Å². The van der Waals surface area contributed by atoms with Gasteiger partial charge in [0, 0.05) is 36.4 Å². The van der Waals surface area contributed by atoms with Crippen molar-refractivity contribution in [3.63, 3.8) is 0 Å². The van der Waals surface area contributed by atoms with Crippen LogP contribution in [-0.4, -0.2) is 57.8 Å². The van der Waals surface area contributed by atoms with Crippen LogP contribution in [0.15, 0.2) is 72.8 Å². The topological polar surface area (TPSA) is 124 Å².